The Morgan fingerprint density at radius 1 is 1.12 bits per heavy atom. The number of alkyl halides is 3. The first-order valence-electron chi connectivity index (χ1n) is 11.9. The summed E-state index contributed by atoms with van der Waals surface area (Å²) in [4.78, 5) is 14.2. The normalized spacial score (nSPS) is 20.4. The minimum Gasteiger partial charge on any atom is -0.495 e. The number of morpholine rings is 1. The third kappa shape index (κ3) is 5.28. The van der Waals surface area contributed by atoms with Crippen molar-refractivity contribution in [2.45, 2.75) is 30.5 Å². The van der Waals surface area contributed by atoms with Gasteiger partial charge in [0, 0.05) is 30.8 Å². The van der Waals surface area contributed by atoms with Crippen LogP contribution < -0.4 is 9.64 Å². The summed E-state index contributed by atoms with van der Waals surface area (Å²) in [5.41, 5.74) is -1.86. The van der Waals surface area contributed by atoms with Gasteiger partial charge in [-0.1, -0.05) is 11.2 Å². The summed E-state index contributed by atoms with van der Waals surface area (Å²) < 4.78 is 112. The van der Waals surface area contributed by atoms with Gasteiger partial charge in [0.1, 0.15) is 36.0 Å². The van der Waals surface area contributed by atoms with Gasteiger partial charge in [0.2, 0.25) is 10.0 Å². The number of piperidine rings is 1. The molecule has 2 aromatic carbocycles. The van der Waals surface area contributed by atoms with E-state index in [4.69, 9.17) is 14.0 Å². The minimum absolute atomic E-state index is 0.00381. The zero-order valence-corrected chi connectivity index (χ0v) is 21.6. The molecule has 3 heterocycles. The van der Waals surface area contributed by atoms with Crippen molar-refractivity contribution in [3.63, 3.8) is 0 Å². The van der Waals surface area contributed by atoms with Gasteiger partial charge >= 0.3 is 6.18 Å². The van der Waals surface area contributed by atoms with Crippen molar-refractivity contribution >= 4 is 21.6 Å². The second kappa shape index (κ2) is 10.4. The molecule has 1 aromatic heterocycles. The topological polar surface area (TPSA) is 102 Å². The van der Waals surface area contributed by atoms with Gasteiger partial charge < -0.3 is 18.9 Å². The molecule has 214 valence electrons. The van der Waals surface area contributed by atoms with Crippen molar-refractivity contribution in [3.05, 3.63) is 65.6 Å². The first-order valence-corrected chi connectivity index (χ1v) is 13.6. The van der Waals surface area contributed by atoms with E-state index in [1.54, 1.807) is 0 Å². The van der Waals surface area contributed by atoms with E-state index in [2.05, 4.69) is 5.16 Å². The molecule has 9 nitrogen and oxygen atoms in total. The number of methoxy groups -OCH3 is 1. The molecular weight excluding hydrogens is 565 g/mol. The number of carbonyl (C=O) groups is 1. The van der Waals surface area contributed by atoms with Crippen LogP contribution in [0.3, 0.4) is 0 Å². The maximum atomic E-state index is 15.4. The first-order chi connectivity index (χ1) is 18.9. The van der Waals surface area contributed by atoms with E-state index in [1.807, 2.05) is 0 Å². The maximum absolute atomic E-state index is 15.4. The fraction of sp³-hybridized carbons (Fsp3) is 0.360. The molecule has 0 saturated carbocycles. The van der Waals surface area contributed by atoms with Crippen LogP contribution in [-0.2, 0) is 31.5 Å². The van der Waals surface area contributed by atoms with Crippen LogP contribution >= 0.6 is 0 Å². The van der Waals surface area contributed by atoms with Gasteiger partial charge in [-0.3, -0.25) is 4.79 Å². The summed E-state index contributed by atoms with van der Waals surface area (Å²) in [6, 6.07) is 4.94. The molecule has 0 N–H and O–H groups in total. The van der Waals surface area contributed by atoms with E-state index in [1.165, 1.54) is 28.6 Å². The summed E-state index contributed by atoms with van der Waals surface area (Å²) >= 11 is 0. The number of carbonyl (C=O) groups excluding carboxylic acids is 1. The Hall–Kier alpha value is -3.56. The molecule has 15 heteroatoms. The van der Waals surface area contributed by atoms with Gasteiger partial charge in [-0.25, -0.2) is 17.2 Å². The Morgan fingerprint density at radius 3 is 2.58 bits per heavy atom. The number of sulfonamides is 1. The standard InChI is InChI=1S/C25H22F5N3O6S/c1-37-22-9-16(14-2-3-18(26)17(8-14)25(28,29)30)19(27)10-21(22)33-20-4-6-32(11-23(20)38-12-24(33)34)40(35,36)13-15-5-7-39-31-15/h2-3,5,7-10,20,23H,4,6,11-13H2,1H3/t20-,23-/m1/s1. The lowest BCUT2D eigenvalue weighted by Gasteiger charge is -2.46. The highest BCUT2D eigenvalue weighted by atomic mass is 32.2. The second-order valence-electron chi connectivity index (χ2n) is 9.27. The summed E-state index contributed by atoms with van der Waals surface area (Å²) in [5.74, 6) is -3.42. The van der Waals surface area contributed by atoms with Crippen LogP contribution in [0.1, 0.15) is 17.7 Å². The molecule has 2 fully saturated rings. The number of hydrogen-bond acceptors (Lipinski definition) is 7. The lowest BCUT2D eigenvalue weighted by atomic mass is 9.97. The molecule has 2 aliphatic heterocycles. The Balaban J connectivity index is 1.45. The van der Waals surface area contributed by atoms with Crippen LogP contribution in [0, 0.1) is 11.6 Å². The van der Waals surface area contributed by atoms with Gasteiger partial charge in [0.25, 0.3) is 5.91 Å². The van der Waals surface area contributed by atoms with Gasteiger partial charge in [-0.2, -0.15) is 17.5 Å². The number of ether oxygens (including phenoxy) is 2. The molecule has 0 aliphatic carbocycles. The van der Waals surface area contributed by atoms with E-state index < -0.39 is 58.1 Å². The lowest BCUT2D eigenvalue weighted by molar-refractivity contribution is -0.140. The van der Waals surface area contributed by atoms with Crippen molar-refractivity contribution in [2.24, 2.45) is 0 Å². The molecule has 0 spiro atoms. The van der Waals surface area contributed by atoms with E-state index in [9.17, 15) is 30.8 Å². The number of rotatable bonds is 6. The van der Waals surface area contributed by atoms with Crippen LogP contribution in [0.5, 0.6) is 5.75 Å². The highest BCUT2D eigenvalue weighted by molar-refractivity contribution is 7.88. The number of benzene rings is 2. The highest BCUT2D eigenvalue weighted by Gasteiger charge is 2.45. The number of aromatic nitrogens is 1. The zero-order chi connectivity index (χ0) is 28.8. The van der Waals surface area contributed by atoms with E-state index >= 15 is 4.39 Å². The minimum atomic E-state index is -4.99. The van der Waals surface area contributed by atoms with Crippen LogP contribution in [0.4, 0.5) is 27.6 Å². The van der Waals surface area contributed by atoms with Crippen molar-refractivity contribution < 1.29 is 49.2 Å². The molecular formula is C25H22F5N3O6S. The summed E-state index contributed by atoms with van der Waals surface area (Å²) in [5, 5.41) is 3.63. The average molecular weight is 588 g/mol. The summed E-state index contributed by atoms with van der Waals surface area (Å²) in [6.45, 7) is -0.460. The molecule has 2 aliphatic rings. The van der Waals surface area contributed by atoms with Gasteiger partial charge in [0.05, 0.1) is 36.2 Å². The van der Waals surface area contributed by atoms with Gasteiger partial charge in [-0.05, 0) is 30.2 Å². The van der Waals surface area contributed by atoms with E-state index in [0.29, 0.717) is 12.1 Å². The Kier molecular flexibility index (Phi) is 7.31. The van der Waals surface area contributed by atoms with Crippen LogP contribution in [0.25, 0.3) is 11.1 Å². The molecule has 5 rings (SSSR count). The van der Waals surface area contributed by atoms with Crippen LogP contribution in [0.15, 0.2) is 47.2 Å². The molecule has 3 aromatic rings. The van der Waals surface area contributed by atoms with Gasteiger partial charge in [-0.15, -0.1) is 0 Å². The molecule has 2 saturated heterocycles. The Bertz CT molecular complexity index is 1530. The highest BCUT2D eigenvalue weighted by Crippen LogP contribution is 2.41. The number of fused-ring (bicyclic) bond motifs is 1. The quantitative estimate of drug-likeness (QED) is 0.402. The Labute approximate surface area is 225 Å². The van der Waals surface area contributed by atoms with Crippen molar-refractivity contribution in [2.75, 3.05) is 31.7 Å². The predicted molar refractivity (Wildman–Crippen MR) is 130 cm³/mol. The van der Waals surface area contributed by atoms with Crippen LogP contribution in [0.2, 0.25) is 0 Å². The molecule has 40 heavy (non-hydrogen) atoms. The predicted octanol–water partition coefficient (Wildman–Crippen LogP) is 3.98. The number of halogens is 5. The molecule has 0 radical (unpaired) electrons. The molecule has 2 atom stereocenters. The largest absolute Gasteiger partial charge is 0.495 e. The molecule has 0 unspecified atom stereocenters. The zero-order valence-electron chi connectivity index (χ0n) is 20.8. The SMILES string of the molecule is COc1cc(-c2ccc(F)c(C(F)(F)F)c2)c(F)cc1N1C(=O)CO[C@@H]2CN(S(=O)(=O)Cc3ccon3)CC[C@H]21. The van der Waals surface area contributed by atoms with E-state index in [-0.39, 0.29) is 53.5 Å². The number of anilines is 1. The maximum Gasteiger partial charge on any atom is 0.419 e. The third-order valence-electron chi connectivity index (χ3n) is 6.83. The summed E-state index contributed by atoms with van der Waals surface area (Å²) in [6.07, 6.45) is -4.34. The number of hydrogen-bond donors (Lipinski definition) is 0. The number of amides is 1. The van der Waals surface area contributed by atoms with Crippen LogP contribution in [-0.4, -0.2) is 62.7 Å². The van der Waals surface area contributed by atoms with Crippen molar-refractivity contribution in [3.8, 4) is 16.9 Å². The average Bonchev–Trinajstić information content (AvgIpc) is 3.40. The van der Waals surface area contributed by atoms with Gasteiger partial charge in [0.15, 0.2) is 0 Å². The fourth-order valence-corrected chi connectivity index (χ4v) is 6.41. The lowest BCUT2D eigenvalue weighted by Crippen LogP contribution is -2.62. The number of nitrogens with zero attached hydrogens (tertiary/aromatic N) is 3. The Morgan fingerprint density at radius 2 is 1.90 bits per heavy atom. The molecule has 1 amide bonds. The second-order valence-corrected chi connectivity index (χ2v) is 11.2. The first kappa shape index (κ1) is 28.0. The van der Waals surface area contributed by atoms with E-state index in [0.717, 1.165) is 18.2 Å². The van der Waals surface area contributed by atoms with Crippen molar-refractivity contribution in [1.82, 2.24) is 9.46 Å². The monoisotopic (exact) mass is 587 g/mol. The summed E-state index contributed by atoms with van der Waals surface area (Å²) in [7, 11) is -2.55. The molecule has 0 bridgehead atoms. The third-order valence-corrected chi connectivity index (χ3v) is 8.61. The smallest absolute Gasteiger partial charge is 0.419 e. The fourth-order valence-electron chi connectivity index (χ4n) is 4.95. The van der Waals surface area contributed by atoms with Crippen molar-refractivity contribution in [1.29, 1.82) is 0 Å².